The molecule has 1 aliphatic heterocycles. The summed E-state index contributed by atoms with van der Waals surface area (Å²) in [4.78, 5) is 0. The molecule has 0 bridgehead atoms. The fourth-order valence-corrected chi connectivity index (χ4v) is 2.39. The van der Waals surface area contributed by atoms with Crippen LogP contribution < -0.4 is 5.32 Å². The average molecular weight is 231 g/mol. The lowest BCUT2D eigenvalue weighted by atomic mass is 10.4. The van der Waals surface area contributed by atoms with Crippen LogP contribution in [0.5, 0.6) is 0 Å². The van der Waals surface area contributed by atoms with Crippen LogP contribution in [0.3, 0.4) is 0 Å². The van der Waals surface area contributed by atoms with Crippen molar-refractivity contribution < 1.29 is 13.5 Å². The number of hydrogen-bond acceptors (Lipinski definition) is 4. The van der Waals surface area contributed by atoms with Crippen LogP contribution in [-0.4, -0.2) is 56.4 Å². The van der Waals surface area contributed by atoms with Crippen LogP contribution in [0.1, 0.15) is 0 Å². The number of aliphatic hydroxyl groups excluding tert-OH is 1. The minimum Gasteiger partial charge on any atom is -0.395 e. The van der Waals surface area contributed by atoms with Gasteiger partial charge in [0.05, 0.1) is 12.4 Å². The maximum absolute atomic E-state index is 11.3. The summed E-state index contributed by atoms with van der Waals surface area (Å²) in [5.74, 6) is -0.160. The fraction of sp³-hybridized carbons (Fsp3) is 1.00. The number of rotatable bonds is 3. The molecule has 1 fully saturated rings. The van der Waals surface area contributed by atoms with Crippen molar-refractivity contribution in [3.05, 3.63) is 0 Å². The van der Waals surface area contributed by atoms with Gasteiger partial charge in [0.2, 0.25) is 10.0 Å². The summed E-state index contributed by atoms with van der Waals surface area (Å²) in [7, 11) is -3.19. The van der Waals surface area contributed by atoms with E-state index in [2.05, 4.69) is 5.32 Å². The van der Waals surface area contributed by atoms with Gasteiger partial charge in [-0.05, 0) is 0 Å². The first-order chi connectivity index (χ1) is 5.67. The Balaban J connectivity index is 0.00000144. The molecular formula is C6H15ClN2O3S. The van der Waals surface area contributed by atoms with E-state index in [0.29, 0.717) is 26.2 Å². The van der Waals surface area contributed by atoms with E-state index in [1.165, 1.54) is 4.31 Å². The Hall–Kier alpha value is 0.120. The van der Waals surface area contributed by atoms with E-state index < -0.39 is 10.0 Å². The molecule has 0 radical (unpaired) electrons. The van der Waals surface area contributed by atoms with Gasteiger partial charge in [0.1, 0.15) is 0 Å². The van der Waals surface area contributed by atoms with Crippen molar-refractivity contribution in [1.82, 2.24) is 9.62 Å². The monoisotopic (exact) mass is 230 g/mol. The molecule has 0 saturated carbocycles. The summed E-state index contributed by atoms with van der Waals surface area (Å²) >= 11 is 0. The lowest BCUT2D eigenvalue weighted by Crippen LogP contribution is -2.47. The number of halogens is 1. The molecule has 80 valence electrons. The van der Waals surface area contributed by atoms with Gasteiger partial charge < -0.3 is 10.4 Å². The van der Waals surface area contributed by atoms with Gasteiger partial charge in [-0.15, -0.1) is 12.4 Å². The van der Waals surface area contributed by atoms with Gasteiger partial charge in [-0.2, -0.15) is 4.31 Å². The van der Waals surface area contributed by atoms with Crippen LogP contribution in [0.4, 0.5) is 0 Å². The van der Waals surface area contributed by atoms with Crippen molar-refractivity contribution in [1.29, 1.82) is 0 Å². The zero-order valence-corrected chi connectivity index (χ0v) is 8.90. The van der Waals surface area contributed by atoms with E-state index in [-0.39, 0.29) is 24.8 Å². The first-order valence-corrected chi connectivity index (χ1v) is 5.57. The highest BCUT2D eigenvalue weighted by atomic mass is 35.5. The summed E-state index contributed by atoms with van der Waals surface area (Å²) < 4.78 is 24.1. The van der Waals surface area contributed by atoms with Crippen LogP contribution in [-0.2, 0) is 10.0 Å². The van der Waals surface area contributed by atoms with Crippen LogP contribution in [0.25, 0.3) is 0 Å². The number of piperazine rings is 1. The lowest BCUT2D eigenvalue weighted by Gasteiger charge is -2.26. The number of aliphatic hydroxyl groups is 1. The highest BCUT2D eigenvalue weighted by Gasteiger charge is 2.22. The van der Waals surface area contributed by atoms with Crippen molar-refractivity contribution in [2.75, 3.05) is 38.5 Å². The normalized spacial score (nSPS) is 19.5. The van der Waals surface area contributed by atoms with Crippen LogP contribution in [0.15, 0.2) is 0 Å². The number of nitrogens with zero attached hydrogens (tertiary/aromatic N) is 1. The van der Waals surface area contributed by atoms with Gasteiger partial charge in [0, 0.05) is 26.2 Å². The second-order valence-corrected chi connectivity index (χ2v) is 4.78. The van der Waals surface area contributed by atoms with Gasteiger partial charge in [-0.3, -0.25) is 0 Å². The van der Waals surface area contributed by atoms with E-state index in [0.717, 1.165) is 0 Å². The van der Waals surface area contributed by atoms with Crippen molar-refractivity contribution in [2.24, 2.45) is 0 Å². The van der Waals surface area contributed by atoms with Gasteiger partial charge in [0.15, 0.2) is 0 Å². The van der Waals surface area contributed by atoms with Crippen LogP contribution in [0, 0.1) is 0 Å². The first-order valence-electron chi connectivity index (χ1n) is 3.96. The van der Waals surface area contributed by atoms with Crippen molar-refractivity contribution in [2.45, 2.75) is 0 Å². The molecule has 7 heteroatoms. The first kappa shape index (κ1) is 13.1. The van der Waals surface area contributed by atoms with Gasteiger partial charge >= 0.3 is 0 Å². The molecule has 0 aliphatic carbocycles. The molecular weight excluding hydrogens is 216 g/mol. The predicted molar refractivity (Wildman–Crippen MR) is 52.6 cm³/mol. The Labute approximate surface area is 84.6 Å². The number of nitrogens with one attached hydrogen (secondary N) is 1. The van der Waals surface area contributed by atoms with Gasteiger partial charge in [0.25, 0.3) is 0 Å². The summed E-state index contributed by atoms with van der Waals surface area (Å²) in [6, 6.07) is 0. The second kappa shape index (κ2) is 5.77. The zero-order chi connectivity index (χ0) is 9.03. The van der Waals surface area contributed by atoms with Crippen molar-refractivity contribution in [3.63, 3.8) is 0 Å². The quantitative estimate of drug-likeness (QED) is 0.628. The van der Waals surface area contributed by atoms with Crippen LogP contribution >= 0.6 is 12.4 Å². The molecule has 5 nitrogen and oxygen atoms in total. The number of hydrogen-bond donors (Lipinski definition) is 2. The SMILES string of the molecule is Cl.O=S(=O)(CCO)N1CCNCC1. The largest absolute Gasteiger partial charge is 0.395 e. The van der Waals surface area contributed by atoms with E-state index in [1.54, 1.807) is 0 Å². The zero-order valence-electron chi connectivity index (χ0n) is 7.27. The minimum absolute atomic E-state index is 0. The highest BCUT2D eigenvalue weighted by molar-refractivity contribution is 7.89. The fourth-order valence-electron chi connectivity index (χ4n) is 1.17. The standard InChI is InChI=1S/C6H14N2O3S.ClH/c9-5-6-12(10,11)8-3-1-7-2-4-8;/h7,9H,1-6H2;1H. The Morgan fingerprint density at radius 1 is 1.31 bits per heavy atom. The lowest BCUT2D eigenvalue weighted by molar-refractivity contribution is 0.309. The summed E-state index contributed by atoms with van der Waals surface area (Å²) in [5, 5.41) is 11.6. The maximum atomic E-state index is 11.3. The van der Waals surface area contributed by atoms with E-state index in [9.17, 15) is 8.42 Å². The molecule has 13 heavy (non-hydrogen) atoms. The summed E-state index contributed by atoms with van der Waals surface area (Å²) in [5.41, 5.74) is 0. The van der Waals surface area contributed by atoms with Crippen molar-refractivity contribution in [3.8, 4) is 0 Å². The Morgan fingerprint density at radius 3 is 2.31 bits per heavy atom. The molecule has 1 rings (SSSR count). The minimum atomic E-state index is -3.19. The third-order valence-electron chi connectivity index (χ3n) is 1.82. The summed E-state index contributed by atoms with van der Waals surface area (Å²) in [6.07, 6.45) is 0. The van der Waals surface area contributed by atoms with Crippen LogP contribution in [0.2, 0.25) is 0 Å². The topological polar surface area (TPSA) is 69.6 Å². The van der Waals surface area contributed by atoms with Gasteiger partial charge in [-0.25, -0.2) is 8.42 Å². The van der Waals surface area contributed by atoms with Crippen molar-refractivity contribution >= 4 is 22.4 Å². The van der Waals surface area contributed by atoms with Gasteiger partial charge in [-0.1, -0.05) is 0 Å². The molecule has 0 aromatic rings. The predicted octanol–water partition coefficient (Wildman–Crippen LogP) is -1.36. The molecule has 0 unspecified atom stereocenters. The Kier molecular flexibility index (Phi) is 5.82. The maximum Gasteiger partial charge on any atom is 0.216 e. The average Bonchev–Trinajstić information content (AvgIpc) is 2.06. The molecule has 0 spiro atoms. The molecule has 0 amide bonds. The second-order valence-electron chi connectivity index (χ2n) is 2.69. The molecule has 0 aromatic carbocycles. The third kappa shape index (κ3) is 3.78. The van der Waals surface area contributed by atoms with E-state index in [4.69, 9.17) is 5.11 Å². The molecule has 1 heterocycles. The summed E-state index contributed by atoms with van der Waals surface area (Å²) in [6.45, 7) is 2.13. The third-order valence-corrected chi connectivity index (χ3v) is 3.67. The highest BCUT2D eigenvalue weighted by Crippen LogP contribution is 2.01. The Morgan fingerprint density at radius 2 is 1.85 bits per heavy atom. The number of sulfonamides is 1. The molecule has 2 N–H and O–H groups in total. The van der Waals surface area contributed by atoms with E-state index in [1.807, 2.05) is 0 Å². The Bertz CT molecular complexity index is 226. The molecule has 1 aliphatic rings. The van der Waals surface area contributed by atoms with E-state index >= 15 is 0 Å². The molecule has 0 aromatic heterocycles. The molecule has 1 saturated heterocycles. The smallest absolute Gasteiger partial charge is 0.216 e. The molecule has 0 atom stereocenters.